The first-order valence-corrected chi connectivity index (χ1v) is 6.83. The fraction of sp³-hybridized carbons (Fsp3) is 0.286. The van der Waals surface area contributed by atoms with Gasteiger partial charge in [-0.15, -0.1) is 0 Å². The summed E-state index contributed by atoms with van der Waals surface area (Å²) in [6.07, 6.45) is 2.74. The van der Waals surface area contributed by atoms with Crippen molar-refractivity contribution in [3.05, 3.63) is 47.8 Å². The summed E-state index contributed by atoms with van der Waals surface area (Å²) < 4.78 is 0. The van der Waals surface area contributed by atoms with Crippen molar-refractivity contribution < 1.29 is 0 Å². The second kappa shape index (κ2) is 5.98. The molecule has 0 radical (unpaired) electrons. The Hall–Kier alpha value is -1.39. The molecule has 0 aliphatic heterocycles. The minimum atomic E-state index is 0.124. The van der Waals surface area contributed by atoms with Crippen molar-refractivity contribution in [1.82, 2.24) is 9.97 Å². The summed E-state index contributed by atoms with van der Waals surface area (Å²) in [5.74, 6) is 0. The van der Waals surface area contributed by atoms with E-state index >= 15 is 0 Å². The lowest BCUT2D eigenvalue weighted by Crippen LogP contribution is -2.07. The summed E-state index contributed by atoms with van der Waals surface area (Å²) in [7, 11) is 0. The summed E-state index contributed by atoms with van der Waals surface area (Å²) in [4.78, 5) is 9.74. The van der Waals surface area contributed by atoms with Crippen LogP contribution in [0, 0.1) is 6.92 Å². The Morgan fingerprint density at radius 3 is 2.56 bits per heavy atom. The average molecular weight is 259 g/mol. The first-order valence-electron chi connectivity index (χ1n) is 6.02. The quantitative estimate of drug-likeness (QED) is 0.856. The molecule has 3 nitrogen and oxygen atoms in total. The number of hydrogen-bond acceptors (Lipinski definition) is 4. The average Bonchev–Trinajstić information content (AvgIpc) is 2.39. The SMILES string of the molecule is CC[C@H](N)c1ccc(Sc2nccc(C)n2)cc1. The number of nitrogens with two attached hydrogens (primary N) is 1. The van der Waals surface area contributed by atoms with Crippen molar-refractivity contribution in [3.63, 3.8) is 0 Å². The van der Waals surface area contributed by atoms with Gasteiger partial charge in [0.1, 0.15) is 0 Å². The largest absolute Gasteiger partial charge is 0.324 e. The van der Waals surface area contributed by atoms with E-state index in [1.807, 2.05) is 13.0 Å². The molecule has 2 N–H and O–H groups in total. The van der Waals surface area contributed by atoms with E-state index in [2.05, 4.69) is 41.2 Å². The maximum atomic E-state index is 5.99. The van der Waals surface area contributed by atoms with E-state index in [1.54, 1.807) is 18.0 Å². The Balaban J connectivity index is 2.11. The van der Waals surface area contributed by atoms with Crippen LogP contribution in [0.5, 0.6) is 0 Å². The molecular weight excluding hydrogens is 242 g/mol. The molecule has 1 heterocycles. The maximum absolute atomic E-state index is 5.99. The summed E-state index contributed by atoms with van der Waals surface area (Å²) in [6, 6.07) is 10.3. The van der Waals surface area contributed by atoms with Gasteiger partial charge in [-0.2, -0.15) is 0 Å². The standard InChI is InChI=1S/C14H17N3S/c1-3-13(15)11-4-6-12(7-5-11)18-14-16-9-8-10(2)17-14/h4-9,13H,3,15H2,1-2H3/t13-/m0/s1. The molecule has 0 bridgehead atoms. The van der Waals surface area contributed by atoms with Gasteiger partial charge in [0, 0.05) is 22.8 Å². The van der Waals surface area contributed by atoms with E-state index in [4.69, 9.17) is 5.73 Å². The Bertz CT molecular complexity index is 511. The third kappa shape index (κ3) is 3.31. The molecule has 0 amide bonds. The van der Waals surface area contributed by atoms with Crippen molar-refractivity contribution in [2.45, 2.75) is 36.4 Å². The molecule has 2 aromatic rings. The summed E-state index contributed by atoms with van der Waals surface area (Å²) in [5, 5.41) is 0.780. The first kappa shape index (κ1) is 13.1. The molecule has 18 heavy (non-hydrogen) atoms. The Morgan fingerprint density at radius 2 is 1.94 bits per heavy atom. The number of aryl methyl sites for hydroxylation is 1. The molecule has 4 heteroatoms. The van der Waals surface area contributed by atoms with E-state index in [9.17, 15) is 0 Å². The molecule has 1 aromatic carbocycles. The first-order chi connectivity index (χ1) is 8.69. The Labute approximate surface area is 112 Å². The zero-order chi connectivity index (χ0) is 13.0. The lowest BCUT2D eigenvalue weighted by molar-refractivity contribution is 0.698. The van der Waals surface area contributed by atoms with Gasteiger partial charge in [-0.1, -0.05) is 19.1 Å². The molecule has 0 aliphatic rings. The van der Waals surface area contributed by atoms with E-state index in [0.29, 0.717) is 0 Å². The predicted octanol–water partition coefficient (Wildman–Crippen LogP) is 3.35. The second-order valence-corrected chi connectivity index (χ2v) is 5.21. The van der Waals surface area contributed by atoms with Gasteiger partial charge >= 0.3 is 0 Å². The van der Waals surface area contributed by atoms with Gasteiger partial charge in [0.15, 0.2) is 5.16 Å². The fourth-order valence-corrected chi connectivity index (χ4v) is 2.39. The number of aromatic nitrogens is 2. The zero-order valence-corrected chi connectivity index (χ0v) is 11.4. The van der Waals surface area contributed by atoms with Gasteiger partial charge in [0.05, 0.1) is 0 Å². The van der Waals surface area contributed by atoms with E-state index in [-0.39, 0.29) is 6.04 Å². The number of benzene rings is 1. The van der Waals surface area contributed by atoms with Crippen LogP contribution in [0.3, 0.4) is 0 Å². The number of hydrogen-bond donors (Lipinski definition) is 1. The third-order valence-corrected chi connectivity index (χ3v) is 3.62. The van der Waals surface area contributed by atoms with Gasteiger partial charge in [-0.25, -0.2) is 9.97 Å². The van der Waals surface area contributed by atoms with Crippen LogP contribution in [0.25, 0.3) is 0 Å². The molecule has 0 unspecified atom stereocenters. The van der Waals surface area contributed by atoms with Crippen molar-refractivity contribution in [1.29, 1.82) is 0 Å². The van der Waals surface area contributed by atoms with Crippen LogP contribution in [0.1, 0.15) is 30.6 Å². The Kier molecular flexibility index (Phi) is 4.33. The monoisotopic (exact) mass is 259 g/mol. The molecule has 2 rings (SSSR count). The van der Waals surface area contributed by atoms with E-state index in [0.717, 1.165) is 22.2 Å². The lowest BCUT2D eigenvalue weighted by atomic mass is 10.1. The van der Waals surface area contributed by atoms with Crippen LogP contribution in [0.2, 0.25) is 0 Å². The van der Waals surface area contributed by atoms with Crippen LogP contribution < -0.4 is 5.73 Å². The minimum absolute atomic E-state index is 0.124. The van der Waals surface area contributed by atoms with Gasteiger partial charge in [0.2, 0.25) is 0 Å². The van der Waals surface area contributed by atoms with Crippen molar-refractivity contribution >= 4 is 11.8 Å². The smallest absolute Gasteiger partial charge is 0.192 e. The highest BCUT2D eigenvalue weighted by Crippen LogP contribution is 2.26. The molecule has 0 fully saturated rings. The summed E-state index contributed by atoms with van der Waals surface area (Å²) in [6.45, 7) is 4.06. The van der Waals surface area contributed by atoms with Gasteiger partial charge in [-0.3, -0.25) is 0 Å². The summed E-state index contributed by atoms with van der Waals surface area (Å²) >= 11 is 1.57. The number of rotatable bonds is 4. The summed E-state index contributed by atoms with van der Waals surface area (Å²) in [5.41, 5.74) is 8.14. The molecule has 0 aliphatic carbocycles. The zero-order valence-electron chi connectivity index (χ0n) is 10.6. The molecule has 0 saturated carbocycles. The third-order valence-electron chi connectivity index (χ3n) is 2.73. The van der Waals surface area contributed by atoms with Crippen molar-refractivity contribution in [2.75, 3.05) is 0 Å². The molecule has 0 spiro atoms. The minimum Gasteiger partial charge on any atom is -0.324 e. The molecular formula is C14H17N3S. The van der Waals surface area contributed by atoms with Crippen LogP contribution >= 0.6 is 11.8 Å². The lowest BCUT2D eigenvalue weighted by Gasteiger charge is -2.09. The molecule has 1 atom stereocenters. The van der Waals surface area contributed by atoms with Gasteiger partial charge in [-0.05, 0) is 48.9 Å². The van der Waals surface area contributed by atoms with Gasteiger partial charge < -0.3 is 5.73 Å². The molecule has 94 valence electrons. The predicted molar refractivity (Wildman–Crippen MR) is 74.6 cm³/mol. The van der Waals surface area contributed by atoms with E-state index < -0.39 is 0 Å². The van der Waals surface area contributed by atoms with E-state index in [1.165, 1.54) is 5.56 Å². The van der Waals surface area contributed by atoms with Crippen LogP contribution in [-0.4, -0.2) is 9.97 Å². The maximum Gasteiger partial charge on any atom is 0.192 e. The highest BCUT2D eigenvalue weighted by atomic mass is 32.2. The van der Waals surface area contributed by atoms with Crippen LogP contribution in [-0.2, 0) is 0 Å². The highest BCUT2D eigenvalue weighted by Gasteiger charge is 2.04. The van der Waals surface area contributed by atoms with Crippen LogP contribution in [0.15, 0.2) is 46.6 Å². The molecule has 0 saturated heterocycles. The van der Waals surface area contributed by atoms with Gasteiger partial charge in [0.25, 0.3) is 0 Å². The fourth-order valence-electron chi connectivity index (χ4n) is 1.60. The Morgan fingerprint density at radius 1 is 1.22 bits per heavy atom. The van der Waals surface area contributed by atoms with Crippen molar-refractivity contribution in [3.8, 4) is 0 Å². The van der Waals surface area contributed by atoms with Crippen LogP contribution in [0.4, 0.5) is 0 Å². The topological polar surface area (TPSA) is 51.8 Å². The number of nitrogens with zero attached hydrogens (tertiary/aromatic N) is 2. The normalized spacial score (nSPS) is 12.4. The molecule has 1 aromatic heterocycles. The van der Waals surface area contributed by atoms with Crippen molar-refractivity contribution in [2.24, 2.45) is 5.73 Å². The highest BCUT2D eigenvalue weighted by molar-refractivity contribution is 7.99. The second-order valence-electron chi connectivity index (χ2n) is 4.17.